The number of ether oxygens (including phenoxy) is 2. The number of carbonyl (C=O) groups is 2. The number of thiophene rings is 1. The van der Waals surface area contributed by atoms with Crippen molar-refractivity contribution < 1.29 is 19.1 Å². The molecule has 0 unspecified atom stereocenters. The number of amides is 2. The average molecular weight is 495 g/mol. The molecule has 3 aromatic rings. The summed E-state index contributed by atoms with van der Waals surface area (Å²) in [5, 5.41) is 2.01. The van der Waals surface area contributed by atoms with Gasteiger partial charge in [-0.15, -0.1) is 11.3 Å². The number of carbonyl (C=O) groups excluding carboxylic acids is 2. The molecule has 1 heterocycles. The van der Waals surface area contributed by atoms with Crippen molar-refractivity contribution in [3.63, 3.8) is 0 Å². The molecule has 6 nitrogen and oxygen atoms in total. The molecule has 7 heteroatoms. The van der Waals surface area contributed by atoms with Gasteiger partial charge in [0.1, 0.15) is 6.54 Å². The number of rotatable bonds is 12. The fourth-order valence-corrected chi connectivity index (χ4v) is 4.59. The molecule has 0 saturated heterocycles. The number of methoxy groups -OCH3 is 2. The monoisotopic (exact) mass is 494 g/mol. The van der Waals surface area contributed by atoms with E-state index in [0.29, 0.717) is 43.1 Å². The van der Waals surface area contributed by atoms with Crippen LogP contribution in [-0.2, 0) is 17.8 Å². The SMILES string of the molecule is COc1ccc(CCN(Cc2cccs2)C(=O)CN(CC(C)C)C(=O)c2ccccc2)cc1OC. The smallest absolute Gasteiger partial charge is 0.254 e. The highest BCUT2D eigenvalue weighted by Crippen LogP contribution is 2.28. The van der Waals surface area contributed by atoms with Crippen LogP contribution >= 0.6 is 11.3 Å². The second-order valence-electron chi connectivity index (χ2n) is 8.78. The van der Waals surface area contributed by atoms with Crippen molar-refractivity contribution in [2.45, 2.75) is 26.8 Å². The van der Waals surface area contributed by atoms with Crippen molar-refractivity contribution in [1.82, 2.24) is 9.80 Å². The summed E-state index contributed by atoms with van der Waals surface area (Å²) >= 11 is 1.62. The number of hydrogen-bond acceptors (Lipinski definition) is 5. The summed E-state index contributed by atoms with van der Waals surface area (Å²) in [5.41, 5.74) is 1.64. The van der Waals surface area contributed by atoms with E-state index < -0.39 is 0 Å². The van der Waals surface area contributed by atoms with Gasteiger partial charge in [0, 0.05) is 23.5 Å². The van der Waals surface area contributed by atoms with Crippen LogP contribution in [0.2, 0.25) is 0 Å². The van der Waals surface area contributed by atoms with E-state index in [1.165, 1.54) is 0 Å². The lowest BCUT2D eigenvalue weighted by atomic mass is 10.1. The molecule has 0 spiro atoms. The molecule has 2 amide bonds. The van der Waals surface area contributed by atoms with Crippen LogP contribution in [-0.4, -0.2) is 55.5 Å². The molecule has 186 valence electrons. The molecule has 0 radical (unpaired) electrons. The van der Waals surface area contributed by atoms with Gasteiger partial charge in [0.2, 0.25) is 5.91 Å². The first-order chi connectivity index (χ1) is 16.9. The molecule has 1 aromatic heterocycles. The summed E-state index contributed by atoms with van der Waals surface area (Å²) in [6.45, 7) is 5.71. The first-order valence-corrected chi connectivity index (χ1v) is 12.6. The molecule has 0 N–H and O–H groups in total. The Morgan fingerprint density at radius 3 is 2.29 bits per heavy atom. The van der Waals surface area contributed by atoms with Gasteiger partial charge in [-0.25, -0.2) is 0 Å². The zero-order valence-electron chi connectivity index (χ0n) is 20.9. The first-order valence-electron chi connectivity index (χ1n) is 11.8. The Morgan fingerprint density at radius 2 is 1.66 bits per heavy atom. The maximum Gasteiger partial charge on any atom is 0.254 e. The number of nitrogens with zero attached hydrogens (tertiary/aromatic N) is 2. The third-order valence-corrected chi connectivity index (χ3v) is 6.48. The summed E-state index contributed by atoms with van der Waals surface area (Å²) in [6.07, 6.45) is 0.661. The van der Waals surface area contributed by atoms with E-state index in [4.69, 9.17) is 9.47 Å². The van der Waals surface area contributed by atoms with Gasteiger partial charge >= 0.3 is 0 Å². The van der Waals surface area contributed by atoms with Crippen LogP contribution in [0.5, 0.6) is 11.5 Å². The van der Waals surface area contributed by atoms with Crippen LogP contribution < -0.4 is 9.47 Å². The molecule has 0 aliphatic heterocycles. The van der Waals surface area contributed by atoms with Gasteiger partial charge in [-0.1, -0.05) is 44.2 Å². The highest BCUT2D eigenvalue weighted by Gasteiger charge is 2.23. The fraction of sp³-hybridized carbons (Fsp3) is 0.357. The van der Waals surface area contributed by atoms with Crippen LogP contribution in [0.4, 0.5) is 0 Å². The molecule has 0 aliphatic carbocycles. The van der Waals surface area contributed by atoms with Crippen molar-refractivity contribution in [1.29, 1.82) is 0 Å². The Morgan fingerprint density at radius 1 is 0.914 bits per heavy atom. The Hall–Kier alpha value is -3.32. The molecule has 0 fully saturated rings. The normalized spacial score (nSPS) is 10.8. The standard InChI is InChI=1S/C28H34N2O4S/c1-21(2)18-30(28(32)23-9-6-5-7-10-23)20-27(31)29(19-24-11-8-16-35-24)15-14-22-12-13-25(33-3)26(17-22)34-4/h5-13,16-17,21H,14-15,18-20H2,1-4H3. The van der Waals surface area contributed by atoms with Crippen molar-refractivity contribution in [2.75, 3.05) is 33.9 Å². The average Bonchev–Trinajstić information content (AvgIpc) is 3.39. The largest absolute Gasteiger partial charge is 0.493 e. The van der Waals surface area contributed by atoms with E-state index in [-0.39, 0.29) is 24.3 Å². The van der Waals surface area contributed by atoms with Gasteiger partial charge in [0.25, 0.3) is 5.91 Å². The lowest BCUT2D eigenvalue weighted by Crippen LogP contribution is -2.44. The molecule has 0 bridgehead atoms. The van der Waals surface area contributed by atoms with E-state index in [9.17, 15) is 9.59 Å². The summed E-state index contributed by atoms with van der Waals surface area (Å²) in [6, 6.07) is 19.0. The van der Waals surface area contributed by atoms with E-state index in [1.54, 1.807) is 42.6 Å². The molecular weight excluding hydrogens is 460 g/mol. The Labute approximate surface area is 212 Å². The molecule has 0 aliphatic rings. The van der Waals surface area contributed by atoms with Crippen LogP contribution in [0.1, 0.15) is 34.6 Å². The molecular formula is C28H34N2O4S. The highest BCUT2D eigenvalue weighted by molar-refractivity contribution is 7.09. The van der Waals surface area contributed by atoms with E-state index in [2.05, 4.69) is 13.8 Å². The van der Waals surface area contributed by atoms with Crippen molar-refractivity contribution in [2.24, 2.45) is 5.92 Å². The summed E-state index contributed by atoms with van der Waals surface area (Å²) in [5.74, 6) is 1.39. The van der Waals surface area contributed by atoms with E-state index >= 15 is 0 Å². The van der Waals surface area contributed by atoms with Crippen molar-refractivity contribution >= 4 is 23.2 Å². The summed E-state index contributed by atoms with van der Waals surface area (Å²) in [4.78, 5) is 31.3. The Kier molecular flexibility index (Phi) is 9.73. The van der Waals surface area contributed by atoms with Crippen LogP contribution in [0.25, 0.3) is 0 Å². The van der Waals surface area contributed by atoms with Gasteiger partial charge in [-0.05, 0) is 53.6 Å². The second-order valence-corrected chi connectivity index (χ2v) is 9.81. The van der Waals surface area contributed by atoms with Gasteiger partial charge < -0.3 is 19.3 Å². The topological polar surface area (TPSA) is 59.1 Å². The quantitative estimate of drug-likeness (QED) is 0.350. The van der Waals surface area contributed by atoms with Gasteiger partial charge in [0.15, 0.2) is 11.5 Å². The zero-order valence-corrected chi connectivity index (χ0v) is 21.7. The maximum absolute atomic E-state index is 13.5. The van der Waals surface area contributed by atoms with Gasteiger partial charge in [-0.2, -0.15) is 0 Å². The number of hydrogen-bond donors (Lipinski definition) is 0. The minimum atomic E-state index is -0.122. The maximum atomic E-state index is 13.5. The van der Waals surface area contributed by atoms with Gasteiger partial charge in [-0.3, -0.25) is 9.59 Å². The summed E-state index contributed by atoms with van der Waals surface area (Å²) in [7, 11) is 3.22. The molecule has 3 rings (SSSR count). The van der Waals surface area contributed by atoms with E-state index in [1.807, 2.05) is 58.8 Å². The minimum Gasteiger partial charge on any atom is -0.493 e. The first kappa shape index (κ1) is 26.3. The van der Waals surface area contributed by atoms with Crippen LogP contribution in [0.3, 0.4) is 0 Å². The third kappa shape index (κ3) is 7.59. The third-order valence-electron chi connectivity index (χ3n) is 5.62. The minimum absolute atomic E-state index is 0.0449. The van der Waals surface area contributed by atoms with E-state index in [0.717, 1.165) is 10.4 Å². The van der Waals surface area contributed by atoms with Gasteiger partial charge in [0.05, 0.1) is 20.8 Å². The molecule has 0 saturated carbocycles. The Balaban J connectivity index is 1.77. The lowest BCUT2D eigenvalue weighted by molar-refractivity contribution is -0.132. The second kappa shape index (κ2) is 13.0. The molecule has 35 heavy (non-hydrogen) atoms. The fourth-order valence-electron chi connectivity index (χ4n) is 3.87. The van der Waals surface area contributed by atoms with Crippen molar-refractivity contribution in [3.05, 3.63) is 82.0 Å². The molecule has 2 aromatic carbocycles. The highest BCUT2D eigenvalue weighted by atomic mass is 32.1. The zero-order chi connectivity index (χ0) is 25.2. The number of benzene rings is 2. The lowest BCUT2D eigenvalue weighted by Gasteiger charge is -2.29. The Bertz CT molecular complexity index is 1080. The predicted octanol–water partition coefficient (Wildman–Crippen LogP) is 5.14. The van der Waals surface area contributed by atoms with Crippen LogP contribution in [0, 0.1) is 5.92 Å². The summed E-state index contributed by atoms with van der Waals surface area (Å²) < 4.78 is 10.8. The van der Waals surface area contributed by atoms with Crippen molar-refractivity contribution in [3.8, 4) is 11.5 Å². The molecule has 0 atom stereocenters. The predicted molar refractivity (Wildman–Crippen MR) is 140 cm³/mol. The van der Waals surface area contributed by atoms with Crippen LogP contribution in [0.15, 0.2) is 66.0 Å².